The van der Waals surface area contributed by atoms with Gasteiger partial charge in [-0.3, -0.25) is 14.3 Å². The molecule has 1 saturated heterocycles. The molecule has 156 valence electrons. The normalized spacial score (nSPS) is 16.7. The van der Waals surface area contributed by atoms with Crippen LogP contribution in [0, 0.1) is 12.8 Å². The molecule has 2 aromatic heterocycles. The van der Waals surface area contributed by atoms with Crippen LogP contribution in [0.1, 0.15) is 28.8 Å². The van der Waals surface area contributed by atoms with Crippen LogP contribution in [0.15, 0.2) is 35.3 Å². The number of carbonyl (C=O) groups is 1. The van der Waals surface area contributed by atoms with E-state index in [1.54, 1.807) is 18.2 Å². The smallest absolute Gasteiger partial charge is 0.261 e. The average Bonchev–Trinajstić information content (AvgIpc) is 3.43. The van der Waals surface area contributed by atoms with Gasteiger partial charge in [-0.15, -0.1) is 0 Å². The van der Waals surface area contributed by atoms with E-state index in [0.29, 0.717) is 35.8 Å². The number of ether oxygens (including phenoxy) is 1. The lowest BCUT2D eigenvalue weighted by molar-refractivity contribution is -0.0192. The van der Waals surface area contributed by atoms with Gasteiger partial charge in [0.15, 0.2) is 5.82 Å². The number of methoxy groups -OCH3 is 1. The Morgan fingerprint density at radius 1 is 1.30 bits per heavy atom. The van der Waals surface area contributed by atoms with Crippen LogP contribution < -0.4 is 10.9 Å². The first kappa shape index (κ1) is 18.9. The minimum absolute atomic E-state index is 0.0166. The second-order valence-corrected chi connectivity index (χ2v) is 8.26. The fourth-order valence-electron chi connectivity index (χ4n) is 3.95. The molecule has 0 unspecified atom stereocenters. The summed E-state index contributed by atoms with van der Waals surface area (Å²) in [6, 6.07) is 7.50. The molecule has 2 N–H and O–H groups in total. The summed E-state index contributed by atoms with van der Waals surface area (Å²) in [5, 5.41) is 8.52. The Kier molecular flexibility index (Phi) is 4.58. The Hall–Kier alpha value is -3.13. The van der Waals surface area contributed by atoms with Gasteiger partial charge < -0.3 is 19.9 Å². The van der Waals surface area contributed by atoms with Gasteiger partial charge in [-0.2, -0.15) is 5.10 Å². The molecular weight excluding hydrogens is 382 g/mol. The van der Waals surface area contributed by atoms with E-state index in [4.69, 9.17) is 4.74 Å². The van der Waals surface area contributed by atoms with Crippen molar-refractivity contribution in [1.29, 1.82) is 0 Å². The summed E-state index contributed by atoms with van der Waals surface area (Å²) in [7, 11) is 1.67. The molecule has 1 aliphatic carbocycles. The Bertz CT molecular complexity index is 1170. The number of carbonyl (C=O) groups excluding carboxylic acids is 1. The van der Waals surface area contributed by atoms with E-state index in [9.17, 15) is 9.59 Å². The second kappa shape index (κ2) is 7.28. The number of rotatable bonds is 6. The van der Waals surface area contributed by atoms with Crippen LogP contribution in [0.4, 0.5) is 11.5 Å². The highest BCUT2D eigenvalue weighted by Gasteiger charge is 2.31. The third-order valence-corrected chi connectivity index (χ3v) is 5.99. The Morgan fingerprint density at radius 3 is 2.80 bits per heavy atom. The maximum Gasteiger partial charge on any atom is 0.261 e. The van der Waals surface area contributed by atoms with Crippen LogP contribution in [0.5, 0.6) is 0 Å². The van der Waals surface area contributed by atoms with Gasteiger partial charge in [0, 0.05) is 44.2 Å². The molecule has 30 heavy (non-hydrogen) atoms. The maximum absolute atomic E-state index is 12.7. The van der Waals surface area contributed by atoms with Crippen LogP contribution in [-0.2, 0) is 11.3 Å². The number of anilines is 2. The summed E-state index contributed by atoms with van der Waals surface area (Å²) in [4.78, 5) is 29.7. The number of aryl methyl sites for hydroxylation is 1. The minimum atomic E-state index is -0.161. The van der Waals surface area contributed by atoms with E-state index in [2.05, 4.69) is 15.4 Å². The summed E-state index contributed by atoms with van der Waals surface area (Å²) >= 11 is 0. The van der Waals surface area contributed by atoms with Crippen LogP contribution in [-0.4, -0.2) is 51.9 Å². The first-order valence-corrected chi connectivity index (χ1v) is 10.3. The largest absolute Gasteiger partial charge is 0.378 e. The van der Waals surface area contributed by atoms with Gasteiger partial charge in [-0.05, 0) is 55.5 Å². The fourth-order valence-corrected chi connectivity index (χ4v) is 3.95. The highest BCUT2D eigenvalue weighted by Crippen LogP contribution is 2.33. The predicted molar refractivity (Wildman–Crippen MR) is 114 cm³/mol. The van der Waals surface area contributed by atoms with E-state index >= 15 is 0 Å². The third kappa shape index (κ3) is 3.37. The number of hydrogen-bond acceptors (Lipinski definition) is 5. The number of benzene rings is 1. The fraction of sp³-hybridized carbons (Fsp3) is 0.409. The zero-order valence-corrected chi connectivity index (χ0v) is 17.1. The van der Waals surface area contributed by atoms with Crippen molar-refractivity contribution in [2.24, 2.45) is 5.92 Å². The topological polar surface area (TPSA) is 92.2 Å². The molecule has 3 heterocycles. The first-order valence-electron chi connectivity index (χ1n) is 10.3. The Balaban J connectivity index is 1.41. The number of likely N-dealkylation sites (tertiary alicyclic amines) is 1. The van der Waals surface area contributed by atoms with Crippen LogP contribution >= 0.6 is 0 Å². The van der Waals surface area contributed by atoms with E-state index in [1.165, 1.54) is 12.8 Å². The zero-order valence-electron chi connectivity index (χ0n) is 17.1. The summed E-state index contributed by atoms with van der Waals surface area (Å²) in [5.41, 5.74) is 3.02. The number of nitrogens with zero attached hydrogens (tertiary/aromatic N) is 3. The van der Waals surface area contributed by atoms with Crippen molar-refractivity contribution in [2.45, 2.75) is 32.4 Å². The molecule has 1 aromatic carbocycles. The van der Waals surface area contributed by atoms with Crippen molar-refractivity contribution in [3.8, 4) is 0 Å². The number of aromatic nitrogens is 3. The number of amides is 1. The van der Waals surface area contributed by atoms with E-state index in [-0.39, 0.29) is 17.6 Å². The quantitative estimate of drug-likeness (QED) is 0.655. The van der Waals surface area contributed by atoms with Crippen molar-refractivity contribution < 1.29 is 9.53 Å². The molecule has 5 rings (SSSR count). The van der Waals surface area contributed by atoms with Crippen molar-refractivity contribution in [1.82, 2.24) is 19.7 Å². The summed E-state index contributed by atoms with van der Waals surface area (Å²) in [6.45, 7) is 4.00. The van der Waals surface area contributed by atoms with Crippen molar-refractivity contribution in [2.75, 3.05) is 25.5 Å². The molecule has 8 nitrogen and oxygen atoms in total. The monoisotopic (exact) mass is 407 g/mol. The summed E-state index contributed by atoms with van der Waals surface area (Å²) < 4.78 is 7.17. The lowest BCUT2D eigenvalue weighted by Gasteiger charge is -2.38. The lowest BCUT2D eigenvalue weighted by Crippen LogP contribution is -2.54. The van der Waals surface area contributed by atoms with Gasteiger partial charge in [-0.1, -0.05) is 0 Å². The predicted octanol–water partition coefficient (Wildman–Crippen LogP) is 2.66. The van der Waals surface area contributed by atoms with Crippen molar-refractivity contribution in [3.63, 3.8) is 0 Å². The van der Waals surface area contributed by atoms with Crippen molar-refractivity contribution in [3.05, 3.63) is 51.9 Å². The number of pyridine rings is 1. The van der Waals surface area contributed by atoms with E-state index in [0.717, 1.165) is 23.3 Å². The molecule has 0 spiro atoms. The average molecular weight is 407 g/mol. The van der Waals surface area contributed by atoms with Crippen molar-refractivity contribution >= 4 is 28.3 Å². The Labute approximate surface area is 173 Å². The highest BCUT2D eigenvalue weighted by atomic mass is 16.5. The molecule has 8 heteroatoms. The molecule has 1 aliphatic heterocycles. The van der Waals surface area contributed by atoms with Crippen LogP contribution in [0.2, 0.25) is 0 Å². The molecule has 1 saturated carbocycles. The van der Waals surface area contributed by atoms with Gasteiger partial charge >= 0.3 is 0 Å². The summed E-state index contributed by atoms with van der Waals surface area (Å²) in [5.74, 6) is 1.20. The SMILES string of the molecule is COC1CN(C(=O)c2ccc(Nc3nn(CC4CC4)c4cc[nH]c(=O)c34)cc2C)C1. The molecule has 0 bridgehead atoms. The summed E-state index contributed by atoms with van der Waals surface area (Å²) in [6.07, 6.45) is 4.22. The highest BCUT2D eigenvalue weighted by molar-refractivity contribution is 5.97. The number of H-pyrrole nitrogens is 1. The van der Waals surface area contributed by atoms with Crippen LogP contribution in [0.25, 0.3) is 10.9 Å². The molecule has 3 aromatic rings. The van der Waals surface area contributed by atoms with Gasteiger partial charge in [0.25, 0.3) is 11.5 Å². The second-order valence-electron chi connectivity index (χ2n) is 8.26. The van der Waals surface area contributed by atoms with E-state index in [1.807, 2.05) is 35.9 Å². The molecule has 0 radical (unpaired) electrons. The Morgan fingerprint density at radius 2 is 2.10 bits per heavy atom. The van der Waals surface area contributed by atoms with Crippen LogP contribution in [0.3, 0.4) is 0 Å². The third-order valence-electron chi connectivity index (χ3n) is 5.99. The molecule has 2 fully saturated rings. The number of aromatic amines is 1. The standard InChI is InChI=1S/C22H25N5O3/c1-13-9-15(5-6-17(13)22(29)26-11-16(12-26)30-2)24-20-19-18(7-8-23-21(19)28)27(25-20)10-14-3-4-14/h5-9,14,16H,3-4,10-12H2,1-2H3,(H,23,28)(H,24,25). The number of fused-ring (bicyclic) bond motifs is 1. The van der Waals surface area contributed by atoms with Gasteiger partial charge in [-0.25, -0.2) is 0 Å². The lowest BCUT2D eigenvalue weighted by atomic mass is 10.0. The maximum atomic E-state index is 12.7. The van der Waals surface area contributed by atoms with E-state index < -0.39 is 0 Å². The molecule has 2 aliphatic rings. The molecule has 1 amide bonds. The zero-order chi connectivity index (χ0) is 20.8. The van der Waals surface area contributed by atoms with Gasteiger partial charge in [0.05, 0.1) is 11.6 Å². The first-order chi connectivity index (χ1) is 14.5. The minimum Gasteiger partial charge on any atom is -0.378 e. The molecule has 0 atom stereocenters. The molecular formula is C22H25N5O3. The van der Waals surface area contributed by atoms with Gasteiger partial charge in [0.1, 0.15) is 5.39 Å². The van der Waals surface area contributed by atoms with Gasteiger partial charge in [0.2, 0.25) is 0 Å². The number of nitrogens with one attached hydrogen (secondary N) is 2. The number of hydrogen-bond donors (Lipinski definition) is 2.